The summed E-state index contributed by atoms with van der Waals surface area (Å²) in [6, 6.07) is 69.8. The molecule has 0 radical (unpaired) electrons. The minimum absolute atomic E-state index is 1.15. The molecule has 54 heavy (non-hydrogen) atoms. The number of thiophene rings is 2. The Balaban J connectivity index is 0.951. The highest BCUT2D eigenvalue weighted by Crippen LogP contribution is 2.42. The lowest BCUT2D eigenvalue weighted by Crippen LogP contribution is -2.09. The molecule has 0 aliphatic carbocycles. The highest BCUT2D eigenvalue weighted by Gasteiger charge is 2.16. The number of rotatable bonds is 8. The summed E-state index contributed by atoms with van der Waals surface area (Å²) in [5.74, 6) is 0. The van der Waals surface area contributed by atoms with Gasteiger partial charge < -0.3 is 9.80 Å². The van der Waals surface area contributed by atoms with E-state index in [1.54, 1.807) is 0 Å². The van der Waals surface area contributed by atoms with E-state index in [2.05, 4.69) is 216 Å². The summed E-state index contributed by atoms with van der Waals surface area (Å²) in [4.78, 5) is 4.66. The van der Waals surface area contributed by atoms with Gasteiger partial charge in [-0.3, -0.25) is 0 Å². The first-order valence-electron chi connectivity index (χ1n) is 18.2. The maximum absolute atomic E-state index is 2.33. The van der Waals surface area contributed by atoms with E-state index in [-0.39, 0.29) is 0 Å². The number of para-hydroxylation sites is 4. The molecule has 0 bridgehead atoms. The van der Waals surface area contributed by atoms with Crippen LogP contribution in [0.2, 0.25) is 0 Å². The molecule has 0 spiro atoms. The van der Waals surface area contributed by atoms with Crippen LogP contribution in [0.15, 0.2) is 194 Å². The fourth-order valence-corrected chi connectivity index (χ4v) is 9.82. The lowest BCUT2D eigenvalue weighted by atomic mass is 10.1. The first kappa shape index (κ1) is 32.2. The highest BCUT2D eigenvalue weighted by atomic mass is 32.1. The van der Waals surface area contributed by atoms with Crippen LogP contribution in [-0.2, 0) is 0 Å². The summed E-state index contributed by atoms with van der Waals surface area (Å²) >= 11 is 3.72. The van der Waals surface area contributed by atoms with Crippen molar-refractivity contribution in [3.8, 4) is 0 Å². The highest BCUT2D eigenvalue weighted by molar-refractivity contribution is 7.26. The zero-order valence-electron chi connectivity index (χ0n) is 29.3. The van der Waals surface area contributed by atoms with E-state index in [1.165, 1.54) is 51.5 Å². The van der Waals surface area contributed by atoms with Gasteiger partial charge in [0, 0.05) is 74.5 Å². The van der Waals surface area contributed by atoms with Crippen LogP contribution in [0.4, 0.5) is 34.1 Å². The third-order valence-electron chi connectivity index (χ3n) is 10.0. The van der Waals surface area contributed by atoms with Gasteiger partial charge in [0.05, 0.1) is 0 Å². The smallest absolute Gasteiger partial charge is 0.0476 e. The molecule has 256 valence electrons. The van der Waals surface area contributed by atoms with Gasteiger partial charge in [-0.1, -0.05) is 121 Å². The number of benzene rings is 8. The lowest BCUT2D eigenvalue weighted by molar-refractivity contribution is 1.29. The lowest BCUT2D eigenvalue weighted by Gasteiger charge is -2.25. The molecule has 10 aromatic rings. The summed E-state index contributed by atoms with van der Waals surface area (Å²) in [7, 11) is 0. The van der Waals surface area contributed by atoms with Crippen molar-refractivity contribution in [2.24, 2.45) is 0 Å². The Bertz CT molecular complexity index is 2650. The number of hydrogen-bond acceptors (Lipinski definition) is 4. The zero-order valence-corrected chi connectivity index (χ0v) is 31.0. The number of hydrogen-bond donors (Lipinski definition) is 0. The van der Waals surface area contributed by atoms with Crippen LogP contribution in [-0.4, -0.2) is 0 Å². The third kappa shape index (κ3) is 6.02. The predicted molar refractivity (Wildman–Crippen MR) is 237 cm³/mol. The molecule has 8 aromatic carbocycles. The monoisotopic (exact) mass is 726 g/mol. The molecule has 0 saturated carbocycles. The van der Waals surface area contributed by atoms with Gasteiger partial charge in [0.15, 0.2) is 0 Å². The summed E-state index contributed by atoms with van der Waals surface area (Å²) in [5.41, 5.74) is 9.30. The fraction of sp³-hybridized carbons (Fsp3) is 0. The molecular weight excluding hydrogens is 693 g/mol. The van der Waals surface area contributed by atoms with Crippen molar-refractivity contribution in [1.82, 2.24) is 0 Å². The van der Waals surface area contributed by atoms with Crippen LogP contribution < -0.4 is 9.80 Å². The first-order valence-corrected chi connectivity index (χ1v) is 19.8. The largest absolute Gasteiger partial charge is 0.310 e. The molecule has 2 heterocycles. The van der Waals surface area contributed by atoms with Crippen LogP contribution in [0, 0.1) is 0 Å². The normalized spacial score (nSPS) is 11.6. The van der Waals surface area contributed by atoms with Crippen LogP contribution in [0.25, 0.3) is 52.5 Å². The fourth-order valence-electron chi connectivity index (χ4n) is 7.45. The molecule has 2 nitrogen and oxygen atoms in total. The number of nitrogens with zero attached hydrogens (tertiary/aromatic N) is 2. The Kier molecular flexibility index (Phi) is 8.25. The van der Waals surface area contributed by atoms with Gasteiger partial charge in [-0.15, -0.1) is 22.7 Å². The van der Waals surface area contributed by atoms with E-state index in [4.69, 9.17) is 0 Å². The minimum atomic E-state index is 1.15. The Morgan fingerprint density at radius 2 is 0.574 bits per heavy atom. The van der Waals surface area contributed by atoms with Crippen molar-refractivity contribution in [3.05, 3.63) is 205 Å². The van der Waals surface area contributed by atoms with E-state index in [1.807, 2.05) is 22.7 Å². The molecule has 0 fully saturated rings. The summed E-state index contributed by atoms with van der Waals surface area (Å²) < 4.78 is 5.17. The Labute approximate surface area is 322 Å². The molecule has 0 unspecified atom stereocenters. The molecule has 4 heteroatoms. The van der Waals surface area contributed by atoms with Gasteiger partial charge in [0.1, 0.15) is 0 Å². The molecule has 0 aliphatic heterocycles. The minimum Gasteiger partial charge on any atom is -0.310 e. The maximum Gasteiger partial charge on any atom is 0.0476 e. The molecule has 0 amide bonds. The Morgan fingerprint density at radius 3 is 0.907 bits per heavy atom. The summed E-state index contributed by atoms with van der Waals surface area (Å²) in [5, 5.41) is 5.19. The van der Waals surface area contributed by atoms with Crippen LogP contribution in [0.5, 0.6) is 0 Å². The van der Waals surface area contributed by atoms with Gasteiger partial charge in [-0.2, -0.15) is 0 Å². The van der Waals surface area contributed by atoms with Crippen LogP contribution in [0.1, 0.15) is 11.1 Å². The van der Waals surface area contributed by atoms with Gasteiger partial charge >= 0.3 is 0 Å². The van der Waals surface area contributed by atoms with E-state index < -0.39 is 0 Å². The molecule has 0 N–H and O–H groups in total. The average molecular weight is 727 g/mol. The Hall–Kier alpha value is -6.46. The van der Waals surface area contributed by atoms with E-state index in [0.29, 0.717) is 0 Å². The second-order valence-electron chi connectivity index (χ2n) is 13.4. The third-order valence-corrected chi connectivity index (χ3v) is 12.2. The number of anilines is 6. The second kappa shape index (κ2) is 13.8. The molecule has 10 rings (SSSR count). The Morgan fingerprint density at radius 1 is 0.278 bits per heavy atom. The van der Waals surface area contributed by atoms with E-state index >= 15 is 0 Å². The van der Waals surface area contributed by atoms with E-state index in [9.17, 15) is 0 Å². The van der Waals surface area contributed by atoms with E-state index in [0.717, 1.165) is 34.1 Å². The van der Waals surface area contributed by atoms with Crippen LogP contribution in [0.3, 0.4) is 0 Å². The van der Waals surface area contributed by atoms with Crippen molar-refractivity contribution in [3.63, 3.8) is 0 Å². The van der Waals surface area contributed by atoms with Crippen molar-refractivity contribution in [2.75, 3.05) is 9.80 Å². The molecule has 0 atom stereocenters. The van der Waals surface area contributed by atoms with Crippen molar-refractivity contribution < 1.29 is 0 Å². The number of fused-ring (bicyclic) bond motifs is 6. The molecule has 0 aliphatic rings. The topological polar surface area (TPSA) is 6.48 Å². The van der Waals surface area contributed by atoms with Gasteiger partial charge in [-0.25, -0.2) is 0 Å². The van der Waals surface area contributed by atoms with Gasteiger partial charge in [0.25, 0.3) is 0 Å². The summed E-state index contributed by atoms with van der Waals surface area (Å²) in [6.45, 7) is 0. The predicted octanol–water partition coefficient (Wildman–Crippen LogP) is 15.5. The SMILES string of the molecule is C(=C\c1ccc2c(c1)sc1cc(N(c3ccccc3)c3ccccc3)ccc12)/c1ccc2c(c1)sc1cc(N(c3ccccc3)c3ccccc3)ccc12. The summed E-state index contributed by atoms with van der Waals surface area (Å²) in [6.07, 6.45) is 4.48. The quantitative estimate of drug-likeness (QED) is 0.144. The van der Waals surface area contributed by atoms with Crippen LogP contribution >= 0.6 is 22.7 Å². The zero-order chi connectivity index (χ0) is 35.8. The van der Waals surface area contributed by atoms with Crippen molar-refractivity contribution >= 4 is 109 Å². The molecular formula is C50H34N2S2. The standard InChI is InChI=1S/C50H34N2S2/c1-5-13-37(14-6-1)51(38-15-7-2-8-16-38)41-25-29-45-43-27-23-35(31-47(43)53-49(45)33-41)21-22-36-24-28-44-46-30-26-42(34-50(46)54-48(44)32-36)52(39-17-9-3-10-18-39)40-19-11-4-12-20-40/h1-34H/b22-21+. The second-order valence-corrected chi connectivity index (χ2v) is 15.6. The molecule has 0 saturated heterocycles. The van der Waals surface area contributed by atoms with Gasteiger partial charge in [0.2, 0.25) is 0 Å². The maximum atomic E-state index is 2.33. The average Bonchev–Trinajstić information content (AvgIpc) is 3.78. The van der Waals surface area contributed by atoms with Crippen molar-refractivity contribution in [2.45, 2.75) is 0 Å². The molecule has 2 aromatic heterocycles. The van der Waals surface area contributed by atoms with Gasteiger partial charge in [-0.05, 0) is 96.1 Å². The first-order chi connectivity index (χ1) is 26.7. The van der Waals surface area contributed by atoms with Crippen molar-refractivity contribution in [1.29, 1.82) is 0 Å².